The number of hydrogen-bond acceptors (Lipinski definition) is 4. The highest BCUT2D eigenvalue weighted by Crippen LogP contribution is 2.25. The predicted octanol–water partition coefficient (Wildman–Crippen LogP) is 5.03. The molecule has 2 heterocycles. The van der Waals surface area contributed by atoms with Crippen LogP contribution in [0, 0.1) is 6.92 Å². The van der Waals surface area contributed by atoms with Gasteiger partial charge in [0.2, 0.25) is 0 Å². The fourth-order valence-electron chi connectivity index (χ4n) is 2.92. The van der Waals surface area contributed by atoms with Crippen LogP contribution in [0.4, 0.5) is 5.69 Å². The highest BCUT2D eigenvalue weighted by molar-refractivity contribution is 6.32. The Morgan fingerprint density at radius 3 is 2.77 bits per heavy atom. The minimum atomic E-state index is -0.343. The van der Waals surface area contributed by atoms with Crippen molar-refractivity contribution in [2.24, 2.45) is 0 Å². The van der Waals surface area contributed by atoms with Gasteiger partial charge in [-0.1, -0.05) is 47.5 Å². The molecule has 7 nitrogen and oxygen atoms in total. The normalized spacial score (nSPS) is 10.8. The fraction of sp³-hybridized carbons (Fsp3) is 0.136. The number of aromatic nitrogens is 4. The van der Waals surface area contributed by atoms with Gasteiger partial charge in [-0.25, -0.2) is 4.68 Å². The second-order valence-electron chi connectivity index (χ2n) is 6.92. The number of anilines is 1. The van der Waals surface area contributed by atoms with Crippen LogP contribution in [0.2, 0.25) is 10.0 Å². The summed E-state index contributed by atoms with van der Waals surface area (Å²) in [6, 6.07) is 14.7. The first-order chi connectivity index (χ1) is 15.0. The lowest BCUT2D eigenvalue weighted by atomic mass is 10.2. The molecule has 0 aliphatic heterocycles. The van der Waals surface area contributed by atoms with Crippen molar-refractivity contribution in [1.29, 1.82) is 0 Å². The van der Waals surface area contributed by atoms with Gasteiger partial charge in [0.05, 0.1) is 23.5 Å². The molecule has 4 rings (SSSR count). The average Bonchev–Trinajstić information content (AvgIpc) is 3.40. The van der Waals surface area contributed by atoms with Crippen LogP contribution >= 0.6 is 23.2 Å². The van der Waals surface area contributed by atoms with E-state index in [1.54, 1.807) is 35.4 Å². The van der Waals surface area contributed by atoms with E-state index in [4.69, 9.17) is 27.9 Å². The number of hydrogen-bond donors (Lipinski definition) is 1. The van der Waals surface area contributed by atoms with Crippen molar-refractivity contribution in [3.63, 3.8) is 0 Å². The van der Waals surface area contributed by atoms with Gasteiger partial charge in [-0.2, -0.15) is 10.2 Å². The lowest BCUT2D eigenvalue weighted by molar-refractivity contribution is 0.102. The van der Waals surface area contributed by atoms with Gasteiger partial charge in [0.15, 0.2) is 12.4 Å². The van der Waals surface area contributed by atoms with Gasteiger partial charge in [0.25, 0.3) is 5.91 Å². The summed E-state index contributed by atoms with van der Waals surface area (Å²) in [5.74, 6) is 0.221. The molecule has 0 spiro atoms. The third-order valence-corrected chi connectivity index (χ3v) is 5.17. The Kier molecular flexibility index (Phi) is 6.25. The number of ether oxygens (including phenoxy) is 1. The number of amides is 1. The Balaban J connectivity index is 1.35. The molecule has 1 amide bonds. The highest BCUT2D eigenvalue weighted by atomic mass is 35.5. The number of aryl methyl sites for hydroxylation is 1. The van der Waals surface area contributed by atoms with Crippen molar-refractivity contribution in [2.45, 2.75) is 20.2 Å². The summed E-state index contributed by atoms with van der Waals surface area (Å²) >= 11 is 12.3. The molecule has 0 saturated heterocycles. The molecule has 31 heavy (non-hydrogen) atoms. The van der Waals surface area contributed by atoms with E-state index in [-0.39, 0.29) is 18.3 Å². The molecular formula is C22H19Cl2N5O2. The van der Waals surface area contributed by atoms with Crippen LogP contribution in [-0.2, 0) is 13.3 Å². The van der Waals surface area contributed by atoms with Crippen LogP contribution in [0.3, 0.4) is 0 Å². The molecule has 2 aromatic carbocycles. The molecule has 0 saturated carbocycles. The van der Waals surface area contributed by atoms with Gasteiger partial charge in [-0.3, -0.25) is 9.48 Å². The average molecular weight is 456 g/mol. The standard InChI is InChI=1S/C22H19Cl2N5O2/c1-15-6-7-19(24)21(10-15)31-14-28-9-8-20(27-28)22(30)26-17-11-25-29(13-17)12-16-4-2-3-5-18(16)23/h2-11,13H,12,14H2,1H3,(H,26,30). The Labute approximate surface area is 189 Å². The zero-order chi connectivity index (χ0) is 21.8. The summed E-state index contributed by atoms with van der Waals surface area (Å²) in [6.45, 7) is 2.59. The molecule has 0 unspecified atom stereocenters. The quantitative estimate of drug-likeness (QED) is 0.423. The summed E-state index contributed by atoms with van der Waals surface area (Å²) < 4.78 is 8.92. The van der Waals surface area contributed by atoms with E-state index in [2.05, 4.69) is 15.5 Å². The lowest BCUT2D eigenvalue weighted by Gasteiger charge is -2.08. The van der Waals surface area contributed by atoms with Crippen molar-refractivity contribution in [3.8, 4) is 5.75 Å². The monoisotopic (exact) mass is 455 g/mol. The number of carbonyl (C=O) groups excluding carboxylic acids is 1. The number of nitrogens with zero attached hydrogens (tertiary/aromatic N) is 4. The Hall–Kier alpha value is -3.29. The number of halogens is 2. The molecule has 0 radical (unpaired) electrons. The van der Waals surface area contributed by atoms with E-state index in [0.29, 0.717) is 28.0 Å². The van der Waals surface area contributed by atoms with Gasteiger partial charge < -0.3 is 10.1 Å². The smallest absolute Gasteiger partial charge is 0.276 e. The van der Waals surface area contributed by atoms with Crippen molar-refractivity contribution in [1.82, 2.24) is 19.6 Å². The highest BCUT2D eigenvalue weighted by Gasteiger charge is 2.12. The van der Waals surface area contributed by atoms with Gasteiger partial charge in [0.1, 0.15) is 5.75 Å². The van der Waals surface area contributed by atoms with Gasteiger partial charge in [-0.05, 0) is 42.3 Å². The second kappa shape index (κ2) is 9.24. The van der Waals surface area contributed by atoms with Gasteiger partial charge in [-0.15, -0.1) is 0 Å². The minimum absolute atomic E-state index is 0.131. The molecule has 0 atom stereocenters. The first kappa shape index (κ1) is 21.0. The first-order valence-electron chi connectivity index (χ1n) is 9.47. The van der Waals surface area contributed by atoms with E-state index in [9.17, 15) is 4.79 Å². The number of nitrogens with one attached hydrogen (secondary N) is 1. The molecule has 0 bridgehead atoms. The summed E-state index contributed by atoms with van der Waals surface area (Å²) in [6.07, 6.45) is 4.98. The Morgan fingerprint density at radius 2 is 1.94 bits per heavy atom. The Bertz CT molecular complexity index is 1220. The molecule has 2 aromatic heterocycles. The van der Waals surface area contributed by atoms with Crippen molar-refractivity contribution < 1.29 is 9.53 Å². The third-order valence-electron chi connectivity index (χ3n) is 4.49. The molecule has 0 aliphatic carbocycles. The van der Waals surface area contributed by atoms with E-state index >= 15 is 0 Å². The molecule has 0 fully saturated rings. The first-order valence-corrected chi connectivity index (χ1v) is 10.2. The molecule has 158 valence electrons. The summed E-state index contributed by atoms with van der Waals surface area (Å²) in [5, 5.41) is 12.5. The summed E-state index contributed by atoms with van der Waals surface area (Å²) in [4.78, 5) is 12.5. The number of benzene rings is 2. The van der Waals surface area contributed by atoms with E-state index in [0.717, 1.165) is 11.1 Å². The topological polar surface area (TPSA) is 74.0 Å². The van der Waals surface area contributed by atoms with Crippen LogP contribution in [0.5, 0.6) is 5.75 Å². The summed E-state index contributed by atoms with van der Waals surface area (Å²) in [7, 11) is 0. The van der Waals surface area contributed by atoms with Crippen LogP contribution in [-0.4, -0.2) is 25.5 Å². The van der Waals surface area contributed by atoms with Crippen LogP contribution in [0.1, 0.15) is 21.6 Å². The molecular weight excluding hydrogens is 437 g/mol. The van der Waals surface area contributed by atoms with Crippen molar-refractivity contribution in [2.75, 3.05) is 5.32 Å². The van der Waals surface area contributed by atoms with Crippen molar-refractivity contribution >= 4 is 34.8 Å². The van der Waals surface area contributed by atoms with E-state index in [1.165, 1.54) is 4.68 Å². The zero-order valence-corrected chi connectivity index (χ0v) is 18.1. The molecule has 0 aliphatic rings. The fourth-order valence-corrected chi connectivity index (χ4v) is 3.29. The molecule has 4 aromatic rings. The molecule has 1 N–H and O–H groups in total. The second-order valence-corrected chi connectivity index (χ2v) is 7.73. The Morgan fingerprint density at radius 1 is 1.10 bits per heavy atom. The minimum Gasteiger partial charge on any atom is -0.470 e. The third kappa shape index (κ3) is 5.25. The van der Waals surface area contributed by atoms with Crippen LogP contribution in [0.15, 0.2) is 67.1 Å². The van der Waals surface area contributed by atoms with E-state index < -0.39 is 0 Å². The van der Waals surface area contributed by atoms with Gasteiger partial charge in [0, 0.05) is 17.4 Å². The number of carbonyl (C=O) groups is 1. The SMILES string of the molecule is Cc1ccc(Cl)c(OCn2ccc(C(=O)Nc3cnn(Cc4ccccc4Cl)c3)n2)c1. The maximum atomic E-state index is 12.5. The van der Waals surface area contributed by atoms with Crippen LogP contribution in [0.25, 0.3) is 0 Å². The lowest BCUT2D eigenvalue weighted by Crippen LogP contribution is -2.14. The summed E-state index contributed by atoms with van der Waals surface area (Å²) in [5.41, 5.74) is 2.81. The largest absolute Gasteiger partial charge is 0.470 e. The maximum Gasteiger partial charge on any atom is 0.276 e. The van der Waals surface area contributed by atoms with E-state index in [1.807, 2.05) is 43.3 Å². The molecule has 9 heteroatoms. The van der Waals surface area contributed by atoms with Crippen LogP contribution < -0.4 is 10.1 Å². The maximum absolute atomic E-state index is 12.5. The predicted molar refractivity (Wildman–Crippen MR) is 120 cm³/mol. The zero-order valence-electron chi connectivity index (χ0n) is 16.6. The van der Waals surface area contributed by atoms with Crippen molar-refractivity contribution in [3.05, 3.63) is 94.0 Å². The van der Waals surface area contributed by atoms with Gasteiger partial charge >= 0.3 is 0 Å². The number of rotatable bonds is 7.